The van der Waals surface area contributed by atoms with Crippen molar-refractivity contribution in [2.45, 2.75) is 24.3 Å². The maximum atomic E-state index is 13.2. The lowest BCUT2D eigenvalue weighted by molar-refractivity contribution is -0.131. The molecular formula is C17H19FN2O3S. The number of amides is 1. The fourth-order valence-corrected chi connectivity index (χ4v) is 2.84. The summed E-state index contributed by atoms with van der Waals surface area (Å²) < 4.78 is 35.7. The molecule has 2 N–H and O–H groups in total. The summed E-state index contributed by atoms with van der Waals surface area (Å²) in [6.07, 6.45) is 0.0911. The summed E-state index contributed by atoms with van der Waals surface area (Å²) >= 11 is 0. The van der Waals surface area contributed by atoms with Gasteiger partial charge in [-0.2, -0.15) is 0 Å². The van der Waals surface area contributed by atoms with Crippen LogP contribution in [0.3, 0.4) is 0 Å². The van der Waals surface area contributed by atoms with E-state index in [0.29, 0.717) is 5.56 Å². The van der Waals surface area contributed by atoms with Crippen LogP contribution in [0.4, 0.5) is 4.39 Å². The van der Waals surface area contributed by atoms with E-state index in [1.54, 1.807) is 31.3 Å². The molecule has 7 heteroatoms. The molecule has 0 heterocycles. The lowest BCUT2D eigenvalue weighted by atomic mass is 10.1. The first-order valence-corrected chi connectivity index (χ1v) is 8.86. The molecule has 5 nitrogen and oxygen atoms in total. The highest BCUT2D eigenvalue weighted by atomic mass is 32.2. The third kappa shape index (κ3) is 4.39. The molecule has 1 unspecified atom stereocenters. The second-order valence-electron chi connectivity index (χ2n) is 5.60. The number of nitrogens with two attached hydrogens (primary N) is 1. The van der Waals surface area contributed by atoms with Gasteiger partial charge in [-0.25, -0.2) is 17.9 Å². The van der Waals surface area contributed by atoms with E-state index in [2.05, 4.69) is 0 Å². The lowest BCUT2D eigenvalue weighted by Crippen LogP contribution is -2.31. The molecular weight excluding hydrogens is 331 g/mol. The third-order valence-corrected chi connectivity index (χ3v) is 4.84. The van der Waals surface area contributed by atoms with Crippen molar-refractivity contribution in [3.63, 3.8) is 0 Å². The maximum Gasteiger partial charge on any atom is 0.238 e. The monoisotopic (exact) mass is 350 g/mol. The van der Waals surface area contributed by atoms with Gasteiger partial charge < -0.3 is 4.90 Å². The molecule has 128 valence electrons. The molecule has 0 fully saturated rings. The number of nitrogens with zero attached hydrogens (tertiary/aromatic N) is 1. The number of benzene rings is 2. The zero-order chi connectivity index (χ0) is 17.9. The van der Waals surface area contributed by atoms with Gasteiger partial charge in [0.2, 0.25) is 15.9 Å². The number of sulfonamides is 1. The topological polar surface area (TPSA) is 80.5 Å². The number of carbonyl (C=O) groups is 1. The Hall–Kier alpha value is -2.25. The maximum absolute atomic E-state index is 13.2. The Morgan fingerprint density at radius 2 is 1.83 bits per heavy atom. The van der Waals surface area contributed by atoms with Gasteiger partial charge in [0.25, 0.3) is 0 Å². The molecule has 24 heavy (non-hydrogen) atoms. The second-order valence-corrected chi connectivity index (χ2v) is 7.16. The van der Waals surface area contributed by atoms with Crippen molar-refractivity contribution in [2.75, 3.05) is 7.05 Å². The smallest absolute Gasteiger partial charge is 0.238 e. The minimum Gasteiger partial charge on any atom is -0.339 e. The Kier molecular flexibility index (Phi) is 5.36. The average molecular weight is 350 g/mol. The van der Waals surface area contributed by atoms with Gasteiger partial charge in [0.15, 0.2) is 0 Å². The number of rotatable bonds is 5. The molecule has 0 saturated carbocycles. The fourth-order valence-electron chi connectivity index (χ4n) is 2.32. The molecule has 0 aliphatic heterocycles. The molecule has 2 aromatic carbocycles. The average Bonchev–Trinajstić information content (AvgIpc) is 2.52. The van der Waals surface area contributed by atoms with Crippen LogP contribution in [0.2, 0.25) is 0 Å². The van der Waals surface area contributed by atoms with Crippen molar-refractivity contribution < 1.29 is 17.6 Å². The standard InChI is InChI=1S/C17H19FN2O3S/c1-12(14-6-8-16(9-7-14)24(19,22)23)20(2)17(21)11-13-4-3-5-15(18)10-13/h3-10,12H,11H2,1-2H3,(H2,19,22,23). The molecule has 0 bridgehead atoms. The van der Waals surface area contributed by atoms with E-state index in [1.165, 1.54) is 29.2 Å². The fraction of sp³-hybridized carbons (Fsp3) is 0.235. The highest BCUT2D eigenvalue weighted by molar-refractivity contribution is 7.89. The number of hydrogen-bond donors (Lipinski definition) is 1. The highest BCUT2D eigenvalue weighted by Crippen LogP contribution is 2.21. The van der Waals surface area contributed by atoms with Crippen LogP contribution >= 0.6 is 0 Å². The first-order chi connectivity index (χ1) is 11.2. The van der Waals surface area contributed by atoms with Crippen LogP contribution < -0.4 is 5.14 Å². The molecule has 1 amide bonds. The predicted molar refractivity (Wildman–Crippen MR) is 89.1 cm³/mol. The molecule has 0 radical (unpaired) electrons. The van der Waals surface area contributed by atoms with Crippen molar-refractivity contribution in [1.29, 1.82) is 0 Å². The van der Waals surface area contributed by atoms with Crippen LogP contribution in [-0.2, 0) is 21.2 Å². The molecule has 0 aliphatic rings. The summed E-state index contributed by atoms with van der Waals surface area (Å²) in [5.74, 6) is -0.543. The highest BCUT2D eigenvalue weighted by Gasteiger charge is 2.18. The van der Waals surface area contributed by atoms with Crippen LogP contribution in [0.5, 0.6) is 0 Å². The number of carbonyl (C=O) groups excluding carboxylic acids is 1. The predicted octanol–water partition coefficient (Wildman–Crippen LogP) is 2.24. The van der Waals surface area contributed by atoms with Gasteiger partial charge >= 0.3 is 0 Å². The van der Waals surface area contributed by atoms with E-state index in [1.807, 2.05) is 6.92 Å². The SMILES string of the molecule is CC(c1ccc(S(N)(=O)=O)cc1)N(C)C(=O)Cc1cccc(F)c1. The van der Waals surface area contributed by atoms with Crippen LogP contribution in [-0.4, -0.2) is 26.3 Å². The summed E-state index contributed by atoms with van der Waals surface area (Å²) in [6.45, 7) is 1.83. The normalized spacial score (nSPS) is 12.7. The first kappa shape index (κ1) is 18.1. The van der Waals surface area contributed by atoms with Gasteiger partial charge in [-0.15, -0.1) is 0 Å². The molecule has 0 aliphatic carbocycles. The van der Waals surface area contributed by atoms with Gasteiger partial charge in [0.1, 0.15) is 5.82 Å². The van der Waals surface area contributed by atoms with Crippen molar-refractivity contribution >= 4 is 15.9 Å². The Labute approximate surface area is 141 Å². The van der Waals surface area contributed by atoms with Crippen molar-refractivity contribution in [1.82, 2.24) is 4.90 Å². The van der Waals surface area contributed by atoms with Gasteiger partial charge in [0, 0.05) is 7.05 Å². The number of halogens is 1. The Morgan fingerprint density at radius 1 is 1.21 bits per heavy atom. The van der Waals surface area contributed by atoms with Gasteiger partial charge in [-0.3, -0.25) is 4.79 Å². The van der Waals surface area contributed by atoms with E-state index >= 15 is 0 Å². The van der Waals surface area contributed by atoms with Crippen molar-refractivity contribution in [2.24, 2.45) is 5.14 Å². The molecule has 0 saturated heterocycles. The van der Waals surface area contributed by atoms with Gasteiger partial charge in [-0.05, 0) is 42.3 Å². The van der Waals surface area contributed by atoms with E-state index < -0.39 is 10.0 Å². The quantitative estimate of drug-likeness (QED) is 0.898. The summed E-state index contributed by atoms with van der Waals surface area (Å²) in [6, 6.07) is 11.7. The molecule has 0 spiro atoms. The van der Waals surface area contributed by atoms with Crippen molar-refractivity contribution in [3.8, 4) is 0 Å². The minimum atomic E-state index is -3.74. The molecule has 0 aromatic heterocycles. The van der Waals surface area contributed by atoms with E-state index in [4.69, 9.17) is 5.14 Å². The first-order valence-electron chi connectivity index (χ1n) is 7.31. The number of primary sulfonamides is 1. The Bertz CT molecular complexity index is 835. The van der Waals surface area contributed by atoms with E-state index in [0.717, 1.165) is 5.56 Å². The molecule has 2 aromatic rings. The van der Waals surface area contributed by atoms with Gasteiger partial charge in [-0.1, -0.05) is 24.3 Å². The van der Waals surface area contributed by atoms with E-state index in [9.17, 15) is 17.6 Å². The summed E-state index contributed by atoms with van der Waals surface area (Å²) in [5, 5.41) is 5.07. The van der Waals surface area contributed by atoms with Crippen LogP contribution in [0.1, 0.15) is 24.1 Å². The van der Waals surface area contributed by atoms with Crippen molar-refractivity contribution in [3.05, 3.63) is 65.5 Å². The molecule has 1 atom stereocenters. The summed E-state index contributed by atoms with van der Waals surface area (Å²) in [4.78, 5) is 13.9. The Balaban J connectivity index is 2.10. The zero-order valence-electron chi connectivity index (χ0n) is 13.4. The van der Waals surface area contributed by atoms with Crippen LogP contribution in [0.15, 0.2) is 53.4 Å². The summed E-state index contributed by atoms with van der Waals surface area (Å²) in [5.41, 5.74) is 1.38. The Morgan fingerprint density at radius 3 is 2.38 bits per heavy atom. The van der Waals surface area contributed by atoms with Crippen LogP contribution in [0, 0.1) is 5.82 Å². The third-order valence-electron chi connectivity index (χ3n) is 3.91. The largest absolute Gasteiger partial charge is 0.339 e. The molecule has 2 rings (SSSR count). The van der Waals surface area contributed by atoms with Crippen LogP contribution in [0.25, 0.3) is 0 Å². The second kappa shape index (κ2) is 7.11. The zero-order valence-corrected chi connectivity index (χ0v) is 14.3. The van der Waals surface area contributed by atoms with Gasteiger partial charge in [0.05, 0.1) is 17.4 Å². The summed E-state index contributed by atoms with van der Waals surface area (Å²) in [7, 11) is -2.09. The number of hydrogen-bond acceptors (Lipinski definition) is 3. The lowest BCUT2D eigenvalue weighted by Gasteiger charge is -2.25. The number of likely N-dealkylation sites (N-methyl/N-ethyl adjacent to an activating group) is 1. The minimum absolute atomic E-state index is 0.0205. The van der Waals surface area contributed by atoms with E-state index in [-0.39, 0.29) is 29.1 Å².